The van der Waals surface area contributed by atoms with Crippen LogP contribution in [0.2, 0.25) is 0 Å². The zero-order chi connectivity index (χ0) is 15.2. The molecule has 6 heteroatoms. The van der Waals surface area contributed by atoms with E-state index in [1.54, 1.807) is 6.07 Å². The van der Waals surface area contributed by atoms with Gasteiger partial charge in [0.25, 0.3) is 0 Å². The highest BCUT2D eigenvalue weighted by Gasteiger charge is 2.33. The molecule has 0 amide bonds. The molecule has 1 aromatic carbocycles. The van der Waals surface area contributed by atoms with Gasteiger partial charge in [0.1, 0.15) is 0 Å². The lowest BCUT2D eigenvalue weighted by molar-refractivity contribution is -0.138. The van der Waals surface area contributed by atoms with Gasteiger partial charge >= 0.3 is 6.18 Å². The van der Waals surface area contributed by atoms with E-state index in [1.165, 1.54) is 17.8 Å². The molecule has 0 fully saturated rings. The van der Waals surface area contributed by atoms with Gasteiger partial charge in [-0.1, -0.05) is 19.9 Å². The third kappa shape index (κ3) is 5.73. The van der Waals surface area contributed by atoms with E-state index in [-0.39, 0.29) is 18.7 Å². The van der Waals surface area contributed by atoms with Crippen LogP contribution >= 0.6 is 11.8 Å². The Labute approximate surface area is 121 Å². The predicted molar refractivity (Wildman–Crippen MR) is 75.8 cm³/mol. The first-order valence-electron chi connectivity index (χ1n) is 6.49. The summed E-state index contributed by atoms with van der Waals surface area (Å²) in [5, 5.41) is 11.8. The van der Waals surface area contributed by atoms with E-state index >= 15 is 0 Å². The van der Waals surface area contributed by atoms with Crippen molar-refractivity contribution < 1.29 is 18.3 Å². The molecular formula is C14H20F3NOS. The van der Waals surface area contributed by atoms with E-state index in [4.69, 9.17) is 5.11 Å². The number of rotatable bonds is 7. The molecule has 0 aliphatic rings. The molecule has 0 aromatic heterocycles. The lowest BCUT2D eigenvalue weighted by Crippen LogP contribution is -2.21. The van der Waals surface area contributed by atoms with Crippen LogP contribution in [0.1, 0.15) is 25.0 Å². The number of benzene rings is 1. The first-order chi connectivity index (χ1) is 9.34. The molecule has 1 aromatic rings. The Morgan fingerprint density at radius 2 is 2.00 bits per heavy atom. The molecule has 0 spiro atoms. The number of alkyl halides is 3. The maximum absolute atomic E-state index is 13.0. The first kappa shape index (κ1) is 17.3. The Hall–Kier alpha value is -0.720. The summed E-state index contributed by atoms with van der Waals surface area (Å²) < 4.78 is 39.1. The third-order valence-electron chi connectivity index (χ3n) is 2.61. The molecule has 20 heavy (non-hydrogen) atoms. The standard InChI is InChI=1S/C14H20F3NOS/c1-10(2)8-18-9-11-3-4-12(20-6-5-19)7-13(11)14(15,16)17/h3-4,7,10,18-19H,5-6,8-9H2,1-2H3. The van der Waals surface area contributed by atoms with Crippen molar-refractivity contribution in [3.63, 3.8) is 0 Å². The minimum Gasteiger partial charge on any atom is -0.396 e. The summed E-state index contributed by atoms with van der Waals surface area (Å²) in [5.74, 6) is 0.783. The monoisotopic (exact) mass is 307 g/mol. The lowest BCUT2D eigenvalue weighted by Gasteiger charge is -2.15. The van der Waals surface area contributed by atoms with Crippen molar-refractivity contribution in [3.8, 4) is 0 Å². The largest absolute Gasteiger partial charge is 0.416 e. The molecule has 0 heterocycles. The second-order valence-electron chi connectivity index (χ2n) is 4.91. The Morgan fingerprint density at radius 1 is 1.30 bits per heavy atom. The molecule has 0 saturated heterocycles. The molecule has 0 aliphatic carbocycles. The molecule has 0 unspecified atom stereocenters. The number of hydrogen-bond acceptors (Lipinski definition) is 3. The molecular weight excluding hydrogens is 287 g/mol. The summed E-state index contributed by atoms with van der Waals surface area (Å²) in [7, 11) is 0. The van der Waals surface area contributed by atoms with Gasteiger partial charge in [0.2, 0.25) is 0 Å². The van der Waals surface area contributed by atoms with E-state index in [9.17, 15) is 13.2 Å². The second kappa shape index (κ2) is 7.90. The van der Waals surface area contributed by atoms with Gasteiger partial charge < -0.3 is 10.4 Å². The fraction of sp³-hybridized carbons (Fsp3) is 0.571. The highest BCUT2D eigenvalue weighted by Crippen LogP contribution is 2.34. The van der Waals surface area contributed by atoms with Crippen LogP contribution in [0.25, 0.3) is 0 Å². The number of aliphatic hydroxyl groups excluding tert-OH is 1. The van der Waals surface area contributed by atoms with Gasteiger partial charge in [0, 0.05) is 17.2 Å². The average molecular weight is 307 g/mol. The normalized spacial score (nSPS) is 12.2. The van der Waals surface area contributed by atoms with Crippen molar-refractivity contribution in [2.75, 3.05) is 18.9 Å². The highest BCUT2D eigenvalue weighted by molar-refractivity contribution is 7.99. The van der Waals surface area contributed by atoms with Gasteiger partial charge in [-0.2, -0.15) is 13.2 Å². The van der Waals surface area contributed by atoms with Crippen LogP contribution in [-0.2, 0) is 12.7 Å². The van der Waals surface area contributed by atoms with Crippen molar-refractivity contribution in [2.24, 2.45) is 5.92 Å². The van der Waals surface area contributed by atoms with E-state index in [0.29, 0.717) is 23.1 Å². The smallest absolute Gasteiger partial charge is 0.396 e. The topological polar surface area (TPSA) is 32.3 Å². The maximum atomic E-state index is 13.0. The van der Waals surface area contributed by atoms with Crippen LogP contribution in [0.3, 0.4) is 0 Å². The molecule has 2 nitrogen and oxygen atoms in total. The quantitative estimate of drug-likeness (QED) is 0.756. The summed E-state index contributed by atoms with van der Waals surface area (Å²) in [4.78, 5) is 0.527. The maximum Gasteiger partial charge on any atom is 0.416 e. The molecule has 0 saturated carbocycles. The van der Waals surface area contributed by atoms with Crippen molar-refractivity contribution in [1.82, 2.24) is 5.32 Å². The van der Waals surface area contributed by atoms with Crippen LogP contribution in [0, 0.1) is 5.92 Å². The summed E-state index contributed by atoms with van der Waals surface area (Å²) in [6.07, 6.45) is -4.36. The number of hydrogen-bond donors (Lipinski definition) is 2. The molecule has 0 aliphatic heterocycles. The summed E-state index contributed by atoms with van der Waals surface area (Å²) in [6.45, 7) is 4.85. The molecule has 0 radical (unpaired) electrons. The van der Waals surface area contributed by atoms with Crippen LogP contribution < -0.4 is 5.32 Å². The van der Waals surface area contributed by atoms with Crippen LogP contribution in [0.4, 0.5) is 13.2 Å². The molecule has 114 valence electrons. The molecule has 2 N–H and O–H groups in total. The summed E-state index contributed by atoms with van der Waals surface area (Å²) in [5.41, 5.74) is -0.344. The Kier molecular flexibility index (Phi) is 6.85. The summed E-state index contributed by atoms with van der Waals surface area (Å²) >= 11 is 1.22. The van der Waals surface area contributed by atoms with E-state index < -0.39 is 11.7 Å². The third-order valence-corrected chi connectivity index (χ3v) is 3.59. The first-order valence-corrected chi connectivity index (χ1v) is 7.47. The van der Waals surface area contributed by atoms with E-state index in [2.05, 4.69) is 5.32 Å². The highest BCUT2D eigenvalue weighted by atomic mass is 32.2. The van der Waals surface area contributed by atoms with E-state index in [0.717, 1.165) is 6.07 Å². The van der Waals surface area contributed by atoms with Crippen molar-refractivity contribution in [2.45, 2.75) is 31.5 Å². The average Bonchev–Trinajstić information content (AvgIpc) is 2.35. The summed E-state index contributed by atoms with van der Waals surface area (Å²) in [6, 6.07) is 4.34. The van der Waals surface area contributed by atoms with E-state index in [1.807, 2.05) is 13.8 Å². The van der Waals surface area contributed by atoms with Crippen molar-refractivity contribution >= 4 is 11.8 Å². The van der Waals surface area contributed by atoms with Gasteiger partial charge in [0.15, 0.2) is 0 Å². The molecule has 1 rings (SSSR count). The Morgan fingerprint density at radius 3 is 2.55 bits per heavy atom. The van der Waals surface area contributed by atoms with Gasteiger partial charge in [-0.25, -0.2) is 0 Å². The molecule has 0 atom stereocenters. The van der Waals surface area contributed by atoms with Crippen molar-refractivity contribution in [3.05, 3.63) is 29.3 Å². The van der Waals surface area contributed by atoms with Gasteiger partial charge in [0.05, 0.1) is 12.2 Å². The van der Waals surface area contributed by atoms with Crippen LogP contribution in [0.5, 0.6) is 0 Å². The van der Waals surface area contributed by atoms with Gasteiger partial charge in [-0.05, 0) is 30.2 Å². The molecule has 0 bridgehead atoms. The number of aliphatic hydroxyl groups is 1. The number of thioether (sulfide) groups is 1. The van der Waals surface area contributed by atoms with Gasteiger partial charge in [-0.3, -0.25) is 0 Å². The Balaban J connectivity index is 2.87. The van der Waals surface area contributed by atoms with Crippen LogP contribution in [0.15, 0.2) is 23.1 Å². The van der Waals surface area contributed by atoms with Crippen molar-refractivity contribution in [1.29, 1.82) is 0 Å². The van der Waals surface area contributed by atoms with Crippen LogP contribution in [-0.4, -0.2) is 24.0 Å². The van der Waals surface area contributed by atoms with Gasteiger partial charge in [-0.15, -0.1) is 11.8 Å². The number of nitrogens with one attached hydrogen (secondary N) is 1. The zero-order valence-electron chi connectivity index (χ0n) is 11.6. The second-order valence-corrected chi connectivity index (χ2v) is 6.08. The number of halogens is 3. The fourth-order valence-corrected chi connectivity index (χ4v) is 2.41. The SMILES string of the molecule is CC(C)CNCc1ccc(SCCO)cc1C(F)(F)F. The Bertz CT molecular complexity index is 421. The minimum atomic E-state index is -4.36. The minimum absolute atomic E-state index is 0.0519. The lowest BCUT2D eigenvalue weighted by atomic mass is 10.1. The predicted octanol–water partition coefficient (Wildman–Crippen LogP) is 3.54. The fourth-order valence-electron chi connectivity index (χ4n) is 1.72. The zero-order valence-corrected chi connectivity index (χ0v) is 12.4.